The van der Waals surface area contributed by atoms with Crippen molar-refractivity contribution < 1.29 is 13.7 Å². The zero-order valence-corrected chi connectivity index (χ0v) is 12.4. The Morgan fingerprint density at radius 3 is 2.61 bits per heavy atom. The molecule has 1 aliphatic rings. The molecule has 1 fully saturated rings. The second-order valence-electron chi connectivity index (χ2n) is 5.61. The van der Waals surface area contributed by atoms with Gasteiger partial charge in [0.2, 0.25) is 0 Å². The van der Waals surface area contributed by atoms with Crippen LogP contribution >= 0.6 is 0 Å². The Bertz CT molecular complexity index is 808. The maximum atomic E-state index is 13.1. The zero-order chi connectivity index (χ0) is 15.6. The van der Waals surface area contributed by atoms with E-state index in [0.717, 1.165) is 29.7 Å². The SMILES string of the molecule is Fc1ccc(-c2cccc(-c3nc([C@@H]4CCOC4)no3)c2)cc1. The Morgan fingerprint density at radius 2 is 1.83 bits per heavy atom. The van der Waals surface area contributed by atoms with Crippen molar-refractivity contribution in [2.45, 2.75) is 12.3 Å². The van der Waals surface area contributed by atoms with Crippen molar-refractivity contribution in [1.82, 2.24) is 10.1 Å². The standard InChI is InChI=1S/C18H15FN2O2/c19-16-6-4-12(5-7-16)13-2-1-3-14(10-13)18-20-17(21-23-18)15-8-9-22-11-15/h1-7,10,15H,8-9,11H2/t15-/m1/s1. The molecule has 4 rings (SSSR count). The van der Waals surface area contributed by atoms with Crippen LogP contribution in [0.5, 0.6) is 0 Å². The molecule has 0 bridgehead atoms. The van der Waals surface area contributed by atoms with Gasteiger partial charge in [-0.2, -0.15) is 4.98 Å². The third-order valence-electron chi connectivity index (χ3n) is 4.02. The quantitative estimate of drug-likeness (QED) is 0.732. The van der Waals surface area contributed by atoms with Gasteiger partial charge in [0.1, 0.15) is 5.82 Å². The minimum absolute atomic E-state index is 0.216. The number of hydrogen-bond acceptors (Lipinski definition) is 4. The van der Waals surface area contributed by atoms with Crippen molar-refractivity contribution in [2.75, 3.05) is 13.2 Å². The van der Waals surface area contributed by atoms with Gasteiger partial charge in [0.15, 0.2) is 5.82 Å². The summed E-state index contributed by atoms with van der Waals surface area (Å²) in [5.41, 5.74) is 2.77. The number of halogens is 1. The molecule has 0 saturated carbocycles. The molecule has 23 heavy (non-hydrogen) atoms. The average Bonchev–Trinajstić information content (AvgIpc) is 3.27. The topological polar surface area (TPSA) is 48.2 Å². The van der Waals surface area contributed by atoms with Crippen molar-refractivity contribution in [3.05, 3.63) is 60.2 Å². The molecule has 2 heterocycles. The predicted molar refractivity (Wildman–Crippen MR) is 83.3 cm³/mol. The lowest BCUT2D eigenvalue weighted by atomic mass is 10.0. The molecule has 0 unspecified atom stereocenters. The molecule has 0 radical (unpaired) electrons. The Balaban J connectivity index is 1.64. The van der Waals surface area contributed by atoms with Gasteiger partial charge in [-0.25, -0.2) is 4.39 Å². The molecule has 3 aromatic rings. The van der Waals surface area contributed by atoms with E-state index in [4.69, 9.17) is 9.26 Å². The molecule has 1 atom stereocenters. The molecule has 0 amide bonds. The van der Waals surface area contributed by atoms with Crippen LogP contribution in [-0.4, -0.2) is 23.4 Å². The number of rotatable bonds is 3. The molecule has 0 aliphatic carbocycles. The highest BCUT2D eigenvalue weighted by atomic mass is 19.1. The molecule has 0 spiro atoms. The first-order valence-corrected chi connectivity index (χ1v) is 7.57. The lowest BCUT2D eigenvalue weighted by Gasteiger charge is -2.03. The van der Waals surface area contributed by atoms with Crippen LogP contribution in [-0.2, 0) is 4.74 Å². The van der Waals surface area contributed by atoms with E-state index < -0.39 is 0 Å². The largest absolute Gasteiger partial charge is 0.381 e. The molecule has 0 N–H and O–H groups in total. The molecular formula is C18H15FN2O2. The third-order valence-corrected chi connectivity index (χ3v) is 4.02. The number of ether oxygens (including phenoxy) is 1. The minimum atomic E-state index is -0.245. The Hall–Kier alpha value is -2.53. The summed E-state index contributed by atoms with van der Waals surface area (Å²) >= 11 is 0. The summed E-state index contributed by atoms with van der Waals surface area (Å²) in [6.07, 6.45) is 0.925. The maximum absolute atomic E-state index is 13.1. The van der Waals surface area contributed by atoms with Crippen LogP contribution in [0.2, 0.25) is 0 Å². The zero-order valence-electron chi connectivity index (χ0n) is 12.4. The van der Waals surface area contributed by atoms with Crippen molar-refractivity contribution in [2.24, 2.45) is 0 Å². The van der Waals surface area contributed by atoms with Gasteiger partial charge in [0.25, 0.3) is 5.89 Å². The van der Waals surface area contributed by atoms with E-state index in [0.29, 0.717) is 18.3 Å². The van der Waals surface area contributed by atoms with Crippen LogP contribution in [0.25, 0.3) is 22.6 Å². The van der Waals surface area contributed by atoms with Gasteiger partial charge in [-0.15, -0.1) is 0 Å². The van der Waals surface area contributed by atoms with Gasteiger partial charge in [-0.3, -0.25) is 0 Å². The summed E-state index contributed by atoms with van der Waals surface area (Å²) in [6, 6.07) is 14.2. The van der Waals surface area contributed by atoms with E-state index in [1.807, 2.05) is 24.3 Å². The highest BCUT2D eigenvalue weighted by Gasteiger charge is 2.23. The lowest BCUT2D eigenvalue weighted by molar-refractivity contribution is 0.192. The monoisotopic (exact) mass is 310 g/mol. The first-order valence-electron chi connectivity index (χ1n) is 7.57. The van der Waals surface area contributed by atoms with Crippen LogP contribution in [0.3, 0.4) is 0 Å². The van der Waals surface area contributed by atoms with Crippen LogP contribution < -0.4 is 0 Å². The van der Waals surface area contributed by atoms with E-state index in [2.05, 4.69) is 10.1 Å². The van der Waals surface area contributed by atoms with Gasteiger partial charge >= 0.3 is 0 Å². The van der Waals surface area contributed by atoms with Gasteiger partial charge in [0.05, 0.1) is 6.61 Å². The first kappa shape index (κ1) is 14.1. The lowest BCUT2D eigenvalue weighted by Crippen LogP contribution is -1.99. The Labute approximate surface area is 132 Å². The fourth-order valence-corrected chi connectivity index (χ4v) is 2.73. The fourth-order valence-electron chi connectivity index (χ4n) is 2.73. The summed E-state index contributed by atoms with van der Waals surface area (Å²) in [7, 11) is 0. The minimum Gasteiger partial charge on any atom is -0.381 e. The second kappa shape index (κ2) is 5.93. The molecule has 1 aromatic heterocycles. The average molecular weight is 310 g/mol. The molecule has 1 aliphatic heterocycles. The number of hydrogen-bond donors (Lipinski definition) is 0. The molecule has 4 nitrogen and oxygen atoms in total. The van der Waals surface area contributed by atoms with E-state index in [-0.39, 0.29) is 11.7 Å². The summed E-state index contributed by atoms with van der Waals surface area (Å²) in [5.74, 6) is 1.17. The molecule has 1 saturated heterocycles. The summed E-state index contributed by atoms with van der Waals surface area (Å²) in [5, 5.41) is 4.07. The van der Waals surface area contributed by atoms with Crippen LogP contribution in [0.1, 0.15) is 18.2 Å². The Morgan fingerprint density at radius 1 is 1.00 bits per heavy atom. The first-order chi connectivity index (χ1) is 11.3. The fraction of sp³-hybridized carbons (Fsp3) is 0.222. The van der Waals surface area contributed by atoms with E-state index in [1.165, 1.54) is 12.1 Å². The van der Waals surface area contributed by atoms with E-state index in [1.54, 1.807) is 12.1 Å². The molecule has 5 heteroatoms. The normalized spacial score (nSPS) is 17.5. The number of nitrogens with zero attached hydrogens (tertiary/aromatic N) is 2. The van der Waals surface area contributed by atoms with Gasteiger partial charge in [-0.05, 0) is 41.8 Å². The molecular weight excluding hydrogens is 295 g/mol. The summed E-state index contributed by atoms with van der Waals surface area (Å²) in [4.78, 5) is 4.49. The van der Waals surface area contributed by atoms with Crippen molar-refractivity contribution >= 4 is 0 Å². The van der Waals surface area contributed by atoms with Crippen LogP contribution in [0.4, 0.5) is 4.39 Å². The van der Waals surface area contributed by atoms with Crippen LogP contribution in [0, 0.1) is 5.82 Å². The van der Waals surface area contributed by atoms with E-state index >= 15 is 0 Å². The van der Waals surface area contributed by atoms with Gasteiger partial charge in [-0.1, -0.05) is 29.4 Å². The highest BCUT2D eigenvalue weighted by molar-refractivity contribution is 5.69. The number of benzene rings is 2. The molecule has 116 valence electrons. The summed E-state index contributed by atoms with van der Waals surface area (Å²) in [6.45, 7) is 1.39. The third kappa shape index (κ3) is 2.87. The highest BCUT2D eigenvalue weighted by Crippen LogP contribution is 2.28. The number of aromatic nitrogens is 2. The summed E-state index contributed by atoms with van der Waals surface area (Å²) < 4.78 is 23.8. The van der Waals surface area contributed by atoms with Crippen molar-refractivity contribution in [3.8, 4) is 22.6 Å². The maximum Gasteiger partial charge on any atom is 0.257 e. The van der Waals surface area contributed by atoms with Gasteiger partial charge < -0.3 is 9.26 Å². The Kier molecular flexibility index (Phi) is 3.63. The van der Waals surface area contributed by atoms with Gasteiger partial charge in [0, 0.05) is 18.1 Å². The van der Waals surface area contributed by atoms with Crippen LogP contribution in [0.15, 0.2) is 53.1 Å². The predicted octanol–water partition coefficient (Wildman–Crippen LogP) is 4.05. The van der Waals surface area contributed by atoms with Crippen molar-refractivity contribution in [1.29, 1.82) is 0 Å². The van der Waals surface area contributed by atoms with Crippen molar-refractivity contribution in [3.63, 3.8) is 0 Å². The smallest absolute Gasteiger partial charge is 0.257 e. The van der Waals surface area contributed by atoms with E-state index in [9.17, 15) is 4.39 Å². The second-order valence-corrected chi connectivity index (χ2v) is 5.61. The molecule has 2 aromatic carbocycles.